The predicted molar refractivity (Wildman–Crippen MR) is 99.5 cm³/mol. The number of nitrogens with one attached hydrogen (secondary N) is 1. The van der Waals surface area contributed by atoms with Gasteiger partial charge >= 0.3 is 6.18 Å². The Labute approximate surface area is 151 Å². The molecule has 0 radical (unpaired) electrons. The first-order valence-corrected chi connectivity index (χ1v) is 8.34. The van der Waals surface area contributed by atoms with Gasteiger partial charge in [-0.1, -0.05) is 18.2 Å². The molecule has 0 fully saturated rings. The molecule has 0 aliphatic rings. The van der Waals surface area contributed by atoms with Crippen molar-refractivity contribution in [1.82, 2.24) is 0 Å². The highest BCUT2D eigenvalue weighted by molar-refractivity contribution is 6.04. The van der Waals surface area contributed by atoms with Crippen LogP contribution in [-0.2, 0) is 0 Å². The van der Waals surface area contributed by atoms with Gasteiger partial charge in [0.05, 0.1) is 0 Å². The van der Waals surface area contributed by atoms with Crippen LogP contribution in [-0.4, -0.2) is 25.2 Å². The van der Waals surface area contributed by atoms with Gasteiger partial charge in [-0.25, -0.2) is 0 Å². The number of nitrogens with zero attached hydrogens (tertiary/aromatic N) is 1. The number of amides is 1. The zero-order chi connectivity index (χ0) is 19.2. The van der Waals surface area contributed by atoms with E-state index in [4.69, 9.17) is 0 Å². The minimum Gasteiger partial charge on any atom is -0.372 e. The summed E-state index contributed by atoms with van der Waals surface area (Å²) >= 11 is 0. The van der Waals surface area contributed by atoms with E-state index in [2.05, 4.69) is 24.1 Å². The summed E-state index contributed by atoms with van der Waals surface area (Å²) in [5, 5.41) is 2.78. The van der Waals surface area contributed by atoms with E-state index in [1.807, 2.05) is 24.3 Å². The number of rotatable bonds is 6. The first kappa shape index (κ1) is 19.6. The van der Waals surface area contributed by atoms with Gasteiger partial charge in [0.1, 0.15) is 0 Å². The van der Waals surface area contributed by atoms with Gasteiger partial charge < -0.3 is 10.2 Å². The quantitative estimate of drug-likeness (QED) is 0.750. The third-order valence-electron chi connectivity index (χ3n) is 3.89. The first-order chi connectivity index (χ1) is 12.3. The van der Waals surface area contributed by atoms with E-state index in [-0.39, 0.29) is 12.0 Å². The molecule has 2 aromatic carbocycles. The van der Waals surface area contributed by atoms with Gasteiger partial charge in [-0.2, -0.15) is 13.2 Å². The van der Waals surface area contributed by atoms with Crippen LogP contribution in [0.15, 0.2) is 54.6 Å². The normalized spacial score (nSPS) is 11.6. The number of allylic oxidation sites excluding steroid dienone is 1. The van der Waals surface area contributed by atoms with Crippen molar-refractivity contribution in [1.29, 1.82) is 0 Å². The van der Waals surface area contributed by atoms with Gasteiger partial charge in [-0.3, -0.25) is 4.79 Å². The molecule has 6 heteroatoms. The van der Waals surface area contributed by atoms with Gasteiger partial charge in [0, 0.05) is 36.1 Å². The Hall–Kier alpha value is -2.76. The highest BCUT2D eigenvalue weighted by Crippen LogP contribution is 2.20. The molecule has 26 heavy (non-hydrogen) atoms. The zero-order valence-corrected chi connectivity index (χ0v) is 14.7. The van der Waals surface area contributed by atoms with Gasteiger partial charge in [-0.15, -0.1) is 0 Å². The van der Waals surface area contributed by atoms with Crippen molar-refractivity contribution >= 4 is 23.4 Å². The maximum atomic E-state index is 12.3. The number of alkyl halides is 3. The van der Waals surface area contributed by atoms with Crippen molar-refractivity contribution in [2.75, 3.05) is 23.3 Å². The Morgan fingerprint density at radius 3 is 2.08 bits per heavy atom. The van der Waals surface area contributed by atoms with Crippen LogP contribution < -0.4 is 10.2 Å². The fourth-order valence-electron chi connectivity index (χ4n) is 2.48. The summed E-state index contributed by atoms with van der Waals surface area (Å²) in [5.41, 5.74) is 2.49. The molecule has 2 rings (SSSR count). The zero-order valence-electron chi connectivity index (χ0n) is 14.7. The number of hydrogen-bond donors (Lipinski definition) is 1. The van der Waals surface area contributed by atoms with E-state index in [9.17, 15) is 18.0 Å². The molecule has 0 atom stereocenters. The van der Waals surface area contributed by atoms with Crippen LogP contribution in [0.3, 0.4) is 0 Å². The summed E-state index contributed by atoms with van der Waals surface area (Å²) in [5.74, 6) is -0.313. The van der Waals surface area contributed by atoms with Crippen LogP contribution in [0.1, 0.15) is 29.8 Å². The molecule has 0 saturated carbocycles. The van der Waals surface area contributed by atoms with Gasteiger partial charge in [0.2, 0.25) is 0 Å². The number of carbonyl (C=O) groups is 1. The lowest BCUT2D eigenvalue weighted by atomic mass is 10.1. The van der Waals surface area contributed by atoms with Crippen LogP contribution >= 0.6 is 0 Å². The van der Waals surface area contributed by atoms with Crippen molar-refractivity contribution < 1.29 is 18.0 Å². The van der Waals surface area contributed by atoms with Crippen molar-refractivity contribution in [3.8, 4) is 0 Å². The number of hydrogen-bond acceptors (Lipinski definition) is 2. The van der Waals surface area contributed by atoms with Crippen molar-refractivity contribution in [2.45, 2.75) is 20.0 Å². The summed E-state index contributed by atoms with van der Waals surface area (Å²) in [4.78, 5) is 14.4. The Kier molecular flexibility index (Phi) is 6.44. The minimum atomic E-state index is -4.35. The highest BCUT2D eigenvalue weighted by atomic mass is 19.4. The standard InChI is InChI=1S/C20H21F3N2O/c1-3-25(4-2)18-11-9-17(10-12-18)24-19(26)16-7-5-15(6-8-16)13-14-20(21,22)23/h5-14H,3-4H2,1-2H3,(H,24,26)/b14-13+. The molecule has 0 aliphatic carbocycles. The van der Waals surface area contributed by atoms with Crippen LogP contribution in [0.5, 0.6) is 0 Å². The summed E-state index contributed by atoms with van der Waals surface area (Å²) in [6.45, 7) is 5.95. The highest BCUT2D eigenvalue weighted by Gasteiger charge is 2.21. The van der Waals surface area contributed by atoms with E-state index < -0.39 is 6.18 Å². The van der Waals surface area contributed by atoms with E-state index in [1.165, 1.54) is 24.3 Å². The van der Waals surface area contributed by atoms with Gasteiger partial charge in [0.25, 0.3) is 5.91 Å². The Morgan fingerprint density at radius 1 is 1.00 bits per heavy atom. The SMILES string of the molecule is CCN(CC)c1ccc(NC(=O)c2ccc(/C=C/C(F)(F)F)cc2)cc1. The minimum absolute atomic E-state index is 0.166. The molecule has 0 aliphatic heterocycles. The fraction of sp³-hybridized carbons (Fsp3) is 0.250. The monoisotopic (exact) mass is 362 g/mol. The van der Waals surface area contributed by atoms with E-state index >= 15 is 0 Å². The first-order valence-electron chi connectivity index (χ1n) is 8.34. The second-order valence-corrected chi connectivity index (χ2v) is 5.67. The second-order valence-electron chi connectivity index (χ2n) is 5.67. The summed E-state index contributed by atoms with van der Waals surface area (Å²) in [7, 11) is 0. The molecular weight excluding hydrogens is 341 g/mol. The average Bonchev–Trinajstić information content (AvgIpc) is 2.62. The van der Waals surface area contributed by atoms with Crippen LogP contribution in [0.25, 0.3) is 6.08 Å². The van der Waals surface area contributed by atoms with Crippen molar-refractivity contribution in [3.05, 3.63) is 65.7 Å². The lowest BCUT2D eigenvalue weighted by molar-refractivity contribution is -0.0790. The summed E-state index contributed by atoms with van der Waals surface area (Å²) < 4.78 is 36.5. The molecule has 2 aromatic rings. The Balaban J connectivity index is 2.02. The van der Waals surface area contributed by atoms with Gasteiger partial charge in [-0.05, 0) is 55.8 Å². The molecule has 0 bridgehead atoms. The molecule has 0 heterocycles. The molecule has 0 spiro atoms. The molecule has 0 unspecified atom stereocenters. The summed E-state index contributed by atoms with van der Waals surface area (Å²) in [6, 6.07) is 13.5. The number of benzene rings is 2. The van der Waals surface area contributed by atoms with E-state index in [1.54, 1.807) is 0 Å². The summed E-state index contributed by atoms with van der Waals surface area (Å²) in [6.07, 6.45) is -3.22. The third-order valence-corrected chi connectivity index (χ3v) is 3.89. The van der Waals surface area contributed by atoms with Crippen LogP contribution in [0, 0.1) is 0 Å². The lowest BCUT2D eigenvalue weighted by Gasteiger charge is -2.21. The van der Waals surface area contributed by atoms with Crippen molar-refractivity contribution in [3.63, 3.8) is 0 Å². The fourth-order valence-corrected chi connectivity index (χ4v) is 2.48. The third kappa shape index (κ3) is 5.65. The largest absolute Gasteiger partial charge is 0.409 e. The van der Waals surface area contributed by atoms with Crippen molar-refractivity contribution in [2.24, 2.45) is 0 Å². The van der Waals surface area contributed by atoms with Gasteiger partial charge in [0.15, 0.2) is 0 Å². The molecular formula is C20H21F3N2O. The van der Waals surface area contributed by atoms with Crippen LogP contribution in [0.4, 0.5) is 24.5 Å². The molecule has 138 valence electrons. The Bertz CT molecular complexity index is 746. The second kappa shape index (κ2) is 8.56. The molecule has 0 aromatic heterocycles. The molecule has 3 nitrogen and oxygen atoms in total. The Morgan fingerprint density at radius 2 is 1.58 bits per heavy atom. The van der Waals surface area contributed by atoms with E-state index in [0.717, 1.165) is 24.9 Å². The number of halogens is 3. The topological polar surface area (TPSA) is 32.3 Å². The maximum absolute atomic E-state index is 12.3. The van der Waals surface area contributed by atoms with E-state index in [0.29, 0.717) is 16.8 Å². The smallest absolute Gasteiger partial charge is 0.372 e. The lowest BCUT2D eigenvalue weighted by Crippen LogP contribution is -2.21. The molecule has 1 N–H and O–H groups in total. The predicted octanol–water partition coefficient (Wildman–Crippen LogP) is 5.36. The number of carbonyl (C=O) groups excluding carboxylic acids is 1. The molecule has 0 saturated heterocycles. The number of anilines is 2. The van der Waals surface area contributed by atoms with Crippen LogP contribution in [0.2, 0.25) is 0 Å². The average molecular weight is 362 g/mol. The maximum Gasteiger partial charge on any atom is 0.409 e. The molecule has 1 amide bonds.